The van der Waals surface area contributed by atoms with Gasteiger partial charge in [0.05, 0.1) is 0 Å². The molecule has 1 atom stereocenters. The summed E-state index contributed by atoms with van der Waals surface area (Å²) in [6.07, 6.45) is 39.5. The predicted octanol–water partition coefficient (Wildman–Crippen LogP) is 12.9. The van der Waals surface area contributed by atoms with E-state index in [0.717, 1.165) is 25.7 Å². The summed E-state index contributed by atoms with van der Waals surface area (Å²) in [6.45, 7) is 10.8. The highest BCUT2D eigenvalue weighted by Gasteiger charge is 2.47. The molecular formula is C39H83NO4Si. The maximum atomic E-state index is 6.45. The van der Waals surface area contributed by atoms with Crippen LogP contribution in [0.3, 0.4) is 0 Å². The Balaban J connectivity index is 4.60. The number of hydrogen-bond acceptors (Lipinski definition) is 5. The van der Waals surface area contributed by atoms with Crippen LogP contribution in [0.2, 0.25) is 0 Å². The molecule has 0 aromatic rings. The van der Waals surface area contributed by atoms with Gasteiger partial charge in [-0.05, 0) is 25.7 Å². The molecule has 0 rings (SSSR count). The Morgan fingerprint density at radius 2 is 0.578 bits per heavy atom. The molecule has 0 heterocycles. The van der Waals surface area contributed by atoms with E-state index in [0.29, 0.717) is 19.8 Å². The summed E-state index contributed by atoms with van der Waals surface area (Å²) in [5.74, 6) is 0. The zero-order chi connectivity index (χ0) is 32.9. The third kappa shape index (κ3) is 32.3. The van der Waals surface area contributed by atoms with Gasteiger partial charge in [0, 0.05) is 19.8 Å². The zero-order valence-corrected chi connectivity index (χ0v) is 32.3. The zero-order valence-electron chi connectivity index (χ0n) is 31.3. The summed E-state index contributed by atoms with van der Waals surface area (Å²) in [4.78, 5) is 0. The molecule has 0 aliphatic carbocycles. The van der Waals surface area contributed by atoms with Gasteiger partial charge < -0.3 is 23.4 Å². The second-order valence-corrected chi connectivity index (χ2v) is 15.8. The average Bonchev–Trinajstić information content (AvgIpc) is 3.05. The lowest BCUT2D eigenvalue weighted by Gasteiger charge is -2.30. The molecule has 0 aromatic heterocycles. The Morgan fingerprint density at radius 1 is 0.356 bits per heavy atom. The first-order chi connectivity index (χ1) is 22.1. The lowest BCUT2D eigenvalue weighted by Crippen LogP contribution is -2.53. The van der Waals surface area contributed by atoms with E-state index in [9.17, 15) is 0 Å². The highest BCUT2D eigenvalue weighted by atomic mass is 28.4. The maximum absolute atomic E-state index is 6.45. The van der Waals surface area contributed by atoms with Gasteiger partial charge in [0.15, 0.2) is 0 Å². The standard InChI is InChI=1S/C39H83NO4Si/c1-5-9-12-15-18-21-24-27-30-33-36-41-45(44-39(40)8-4,42-37-34-31-28-25-22-19-16-13-10-6-2)43-38-35-32-29-26-23-20-17-14-11-7-3/h39H,5-38,40H2,1-4H3. The van der Waals surface area contributed by atoms with E-state index in [1.807, 2.05) is 0 Å². The fourth-order valence-electron chi connectivity index (χ4n) is 5.86. The summed E-state index contributed by atoms with van der Waals surface area (Å²) >= 11 is 0. The van der Waals surface area contributed by atoms with Gasteiger partial charge in [0.1, 0.15) is 6.23 Å². The molecule has 0 aliphatic heterocycles. The largest absolute Gasteiger partial charge is 0.680 e. The van der Waals surface area contributed by atoms with Crippen molar-refractivity contribution in [1.29, 1.82) is 0 Å². The van der Waals surface area contributed by atoms with Crippen LogP contribution in [0.4, 0.5) is 0 Å². The summed E-state index contributed by atoms with van der Waals surface area (Å²) in [5, 5.41) is 0. The Bertz CT molecular complexity index is 489. The minimum Gasteiger partial charge on any atom is -0.351 e. The van der Waals surface area contributed by atoms with E-state index in [2.05, 4.69) is 27.7 Å². The maximum Gasteiger partial charge on any atom is 0.680 e. The second kappa shape index (κ2) is 36.8. The molecule has 0 saturated carbocycles. The van der Waals surface area contributed by atoms with Crippen molar-refractivity contribution in [2.45, 2.75) is 233 Å². The van der Waals surface area contributed by atoms with E-state index in [1.54, 1.807) is 0 Å². The minimum absolute atomic E-state index is 0.412. The van der Waals surface area contributed by atoms with Crippen molar-refractivity contribution in [3.63, 3.8) is 0 Å². The van der Waals surface area contributed by atoms with Gasteiger partial charge in [-0.25, -0.2) is 0 Å². The smallest absolute Gasteiger partial charge is 0.351 e. The summed E-state index contributed by atoms with van der Waals surface area (Å²) in [6, 6.07) is 0. The van der Waals surface area contributed by atoms with Crippen molar-refractivity contribution in [2.24, 2.45) is 5.73 Å². The molecule has 0 aliphatic rings. The van der Waals surface area contributed by atoms with Crippen LogP contribution in [-0.2, 0) is 17.7 Å². The van der Waals surface area contributed by atoms with E-state index >= 15 is 0 Å². The fraction of sp³-hybridized carbons (Fsp3) is 1.00. The van der Waals surface area contributed by atoms with Crippen molar-refractivity contribution >= 4 is 9.05 Å². The van der Waals surface area contributed by atoms with E-state index in [1.165, 1.54) is 173 Å². The molecule has 0 radical (unpaired) electrons. The van der Waals surface area contributed by atoms with Crippen LogP contribution in [0.5, 0.6) is 0 Å². The van der Waals surface area contributed by atoms with E-state index in [-0.39, 0.29) is 0 Å². The average molecular weight is 658 g/mol. The second-order valence-electron chi connectivity index (χ2n) is 13.7. The predicted molar refractivity (Wildman–Crippen MR) is 198 cm³/mol. The molecule has 0 saturated heterocycles. The van der Waals surface area contributed by atoms with Crippen molar-refractivity contribution in [1.82, 2.24) is 0 Å². The Morgan fingerprint density at radius 3 is 0.800 bits per heavy atom. The van der Waals surface area contributed by atoms with Gasteiger partial charge in [-0.15, -0.1) is 0 Å². The van der Waals surface area contributed by atoms with Crippen LogP contribution in [0.15, 0.2) is 0 Å². The van der Waals surface area contributed by atoms with Crippen molar-refractivity contribution < 1.29 is 17.7 Å². The first-order valence-corrected chi connectivity index (χ1v) is 22.1. The summed E-state index contributed by atoms with van der Waals surface area (Å²) in [5.41, 5.74) is 6.32. The van der Waals surface area contributed by atoms with Gasteiger partial charge in [0.25, 0.3) is 0 Å². The van der Waals surface area contributed by atoms with Gasteiger partial charge >= 0.3 is 9.05 Å². The number of unbranched alkanes of at least 4 members (excludes halogenated alkanes) is 27. The highest BCUT2D eigenvalue weighted by Crippen LogP contribution is 2.20. The van der Waals surface area contributed by atoms with Gasteiger partial charge in [-0.2, -0.15) is 0 Å². The molecule has 0 spiro atoms. The van der Waals surface area contributed by atoms with Crippen molar-refractivity contribution in [3.05, 3.63) is 0 Å². The lowest BCUT2D eigenvalue weighted by atomic mass is 10.1. The Hall–Kier alpha value is 0.0169. The highest BCUT2D eigenvalue weighted by molar-refractivity contribution is 6.53. The third-order valence-corrected chi connectivity index (χ3v) is 11.3. The molecule has 0 aromatic carbocycles. The van der Waals surface area contributed by atoms with Crippen LogP contribution >= 0.6 is 0 Å². The van der Waals surface area contributed by atoms with E-state index in [4.69, 9.17) is 23.4 Å². The first-order valence-electron chi connectivity index (χ1n) is 20.5. The molecule has 2 N–H and O–H groups in total. The molecular weight excluding hydrogens is 575 g/mol. The number of hydrogen-bond donors (Lipinski definition) is 1. The van der Waals surface area contributed by atoms with Crippen LogP contribution < -0.4 is 5.73 Å². The molecule has 1 unspecified atom stereocenters. The number of rotatable bonds is 39. The third-order valence-electron chi connectivity index (χ3n) is 9.03. The quantitative estimate of drug-likeness (QED) is 0.0405. The monoisotopic (exact) mass is 658 g/mol. The Labute approximate surface area is 284 Å². The lowest BCUT2D eigenvalue weighted by molar-refractivity contribution is -0.0574. The Kier molecular flexibility index (Phi) is 36.9. The van der Waals surface area contributed by atoms with Gasteiger partial charge in [-0.3, -0.25) is 0 Å². The van der Waals surface area contributed by atoms with Crippen LogP contribution in [0.1, 0.15) is 227 Å². The van der Waals surface area contributed by atoms with Gasteiger partial charge in [0.2, 0.25) is 0 Å². The molecule has 272 valence electrons. The van der Waals surface area contributed by atoms with Crippen LogP contribution in [-0.4, -0.2) is 35.1 Å². The van der Waals surface area contributed by atoms with Crippen molar-refractivity contribution in [2.75, 3.05) is 19.8 Å². The minimum atomic E-state index is -3.29. The summed E-state index contributed by atoms with van der Waals surface area (Å²) < 4.78 is 25.7. The van der Waals surface area contributed by atoms with Crippen LogP contribution in [0.25, 0.3) is 0 Å². The summed E-state index contributed by atoms with van der Waals surface area (Å²) in [7, 11) is -3.29. The van der Waals surface area contributed by atoms with Crippen LogP contribution in [0, 0.1) is 0 Å². The van der Waals surface area contributed by atoms with Gasteiger partial charge in [-0.1, -0.05) is 201 Å². The van der Waals surface area contributed by atoms with E-state index < -0.39 is 15.3 Å². The molecule has 0 amide bonds. The molecule has 0 fully saturated rings. The first kappa shape index (κ1) is 45.0. The molecule has 6 heteroatoms. The topological polar surface area (TPSA) is 62.9 Å². The molecule has 0 bridgehead atoms. The fourth-order valence-corrected chi connectivity index (χ4v) is 8.03. The molecule has 45 heavy (non-hydrogen) atoms. The normalized spacial score (nSPS) is 12.7. The number of nitrogens with two attached hydrogens (primary N) is 1. The SMILES string of the molecule is CCCCCCCCCCCCO[Si](OCCCCCCCCCCCC)(OCCCCCCCCCCCC)OC(N)CC. The van der Waals surface area contributed by atoms with Crippen molar-refractivity contribution in [3.8, 4) is 0 Å². The molecule has 5 nitrogen and oxygen atoms in total.